The van der Waals surface area contributed by atoms with Crippen molar-refractivity contribution in [1.29, 1.82) is 0 Å². The van der Waals surface area contributed by atoms with Gasteiger partial charge < -0.3 is 25.3 Å². The number of aliphatic hydroxyl groups is 1. The van der Waals surface area contributed by atoms with E-state index in [2.05, 4.69) is 9.90 Å². The van der Waals surface area contributed by atoms with Crippen molar-refractivity contribution in [3.05, 3.63) is 11.3 Å². The maximum Gasteiger partial charge on any atom is 0.358 e. The summed E-state index contributed by atoms with van der Waals surface area (Å²) in [5.41, 5.74) is 6.53. The van der Waals surface area contributed by atoms with E-state index in [-0.39, 0.29) is 38.7 Å². The molecule has 6 atom stereocenters. The molecule has 11 heteroatoms. The SMILES string of the molecule is BNPOC(=O)C1=C(CN2CC[C@H](C(N)=O)C2)[C@H](C)[C@@H]2C([C@@H](C)O)C(=O)N12. The number of nitrogens with two attached hydrogens (primary N) is 1. The van der Waals surface area contributed by atoms with Gasteiger partial charge in [0.2, 0.25) is 11.8 Å². The summed E-state index contributed by atoms with van der Waals surface area (Å²) in [6.45, 7) is 5.30. The van der Waals surface area contributed by atoms with Crippen LogP contribution in [0.4, 0.5) is 0 Å². The Morgan fingerprint density at radius 3 is 2.78 bits per heavy atom. The monoisotopic (exact) mass is 396 g/mol. The van der Waals surface area contributed by atoms with Crippen LogP contribution in [0.3, 0.4) is 0 Å². The fraction of sp³-hybridized carbons (Fsp3) is 0.688. The topological polar surface area (TPSA) is 125 Å². The lowest BCUT2D eigenvalue weighted by atomic mass is 9.77. The van der Waals surface area contributed by atoms with Crippen LogP contribution in [0.5, 0.6) is 0 Å². The number of primary amides is 1. The standard InChI is InChI=1S/C16H26BN4O5P/c1-7-10(6-20-4-3-9(5-20)14(18)23)13(16(25)26-27-19-17)21-12(7)11(8(2)22)15(21)24/h7-9,11-12,19,22,27H,3-6,17H2,1-2H3,(H2,18,23)/t7-,8+,9-,11?,12+/m0/s1. The van der Waals surface area contributed by atoms with Gasteiger partial charge in [0.05, 0.1) is 24.0 Å². The Morgan fingerprint density at radius 1 is 1.52 bits per heavy atom. The van der Waals surface area contributed by atoms with Gasteiger partial charge in [0, 0.05) is 19.0 Å². The van der Waals surface area contributed by atoms with Gasteiger partial charge in [-0.05, 0) is 25.5 Å². The van der Waals surface area contributed by atoms with Crippen molar-refractivity contribution in [3.8, 4) is 0 Å². The molecule has 0 bridgehead atoms. The lowest BCUT2D eigenvalue weighted by Crippen LogP contribution is -2.63. The number of amides is 2. The second-order valence-electron chi connectivity index (χ2n) is 7.49. The maximum absolute atomic E-state index is 12.7. The predicted octanol–water partition coefficient (Wildman–Crippen LogP) is -1.91. The highest BCUT2D eigenvalue weighted by atomic mass is 31.1. The van der Waals surface area contributed by atoms with Gasteiger partial charge in [0.25, 0.3) is 0 Å². The predicted molar refractivity (Wildman–Crippen MR) is 102 cm³/mol. The number of rotatable bonds is 7. The summed E-state index contributed by atoms with van der Waals surface area (Å²) in [5.74, 6) is -1.86. The lowest BCUT2D eigenvalue weighted by molar-refractivity contribution is -0.162. The number of carbonyl (C=O) groups is 3. The van der Waals surface area contributed by atoms with Crippen LogP contribution in [0, 0.1) is 17.8 Å². The van der Waals surface area contributed by atoms with E-state index in [1.807, 2.05) is 6.92 Å². The summed E-state index contributed by atoms with van der Waals surface area (Å²) < 4.78 is 5.25. The Labute approximate surface area is 161 Å². The summed E-state index contributed by atoms with van der Waals surface area (Å²) in [5, 5.41) is 9.99. The Kier molecular flexibility index (Phi) is 5.91. The summed E-state index contributed by atoms with van der Waals surface area (Å²) in [4.78, 5) is 43.0. The Bertz CT molecular complexity index is 688. The van der Waals surface area contributed by atoms with Crippen molar-refractivity contribution in [3.63, 3.8) is 0 Å². The molecule has 3 aliphatic heterocycles. The Morgan fingerprint density at radius 2 is 2.22 bits per heavy atom. The van der Waals surface area contributed by atoms with Gasteiger partial charge in [-0.3, -0.25) is 14.5 Å². The zero-order chi connectivity index (χ0) is 19.9. The fourth-order valence-electron chi connectivity index (χ4n) is 4.44. The lowest BCUT2D eigenvalue weighted by Gasteiger charge is -2.46. The zero-order valence-electron chi connectivity index (χ0n) is 15.8. The smallest absolute Gasteiger partial charge is 0.358 e. The van der Waals surface area contributed by atoms with E-state index in [0.717, 1.165) is 5.57 Å². The molecule has 3 rings (SSSR count). The molecule has 148 valence electrons. The number of hydrogen-bond acceptors (Lipinski definition) is 7. The van der Waals surface area contributed by atoms with E-state index in [0.29, 0.717) is 31.8 Å². The number of β-lactam (4-membered cyclic amide) rings is 1. The van der Waals surface area contributed by atoms with Crippen molar-refractivity contribution in [2.24, 2.45) is 23.5 Å². The van der Waals surface area contributed by atoms with Crippen LogP contribution in [-0.2, 0) is 18.9 Å². The molecule has 2 saturated heterocycles. The molecule has 0 aromatic rings. The van der Waals surface area contributed by atoms with E-state index >= 15 is 0 Å². The fourth-order valence-corrected chi connectivity index (χ4v) is 4.73. The highest BCUT2D eigenvalue weighted by Gasteiger charge is 2.60. The number of likely N-dealkylation sites (tertiary alicyclic amines) is 1. The van der Waals surface area contributed by atoms with Crippen LogP contribution in [0.2, 0.25) is 0 Å². The first kappa shape index (κ1) is 20.3. The highest BCUT2D eigenvalue weighted by molar-refractivity contribution is 7.32. The number of hydrogen-bond donors (Lipinski definition) is 3. The molecule has 0 aromatic carbocycles. The number of fused-ring (bicyclic) bond motifs is 1. The minimum atomic E-state index is -0.775. The van der Waals surface area contributed by atoms with Crippen LogP contribution >= 0.6 is 8.96 Å². The van der Waals surface area contributed by atoms with Crippen molar-refractivity contribution in [1.82, 2.24) is 14.8 Å². The van der Waals surface area contributed by atoms with Crippen molar-refractivity contribution in [2.75, 3.05) is 19.6 Å². The molecule has 2 amide bonds. The minimum absolute atomic E-state index is 0.0737. The Balaban J connectivity index is 1.85. The van der Waals surface area contributed by atoms with E-state index in [1.54, 1.807) is 14.9 Å². The molecule has 0 aliphatic carbocycles. The van der Waals surface area contributed by atoms with E-state index in [9.17, 15) is 19.5 Å². The van der Waals surface area contributed by atoms with Gasteiger partial charge in [-0.2, -0.15) is 0 Å². The minimum Gasteiger partial charge on any atom is -0.428 e. The summed E-state index contributed by atoms with van der Waals surface area (Å²) in [6, 6.07) is -0.234. The zero-order valence-corrected chi connectivity index (χ0v) is 16.8. The molecule has 2 fully saturated rings. The Hall–Kier alpha value is -1.48. The number of carbonyl (C=O) groups excluding carboxylic acids is 3. The average Bonchev–Trinajstić information content (AvgIpc) is 3.16. The number of nitrogens with one attached hydrogen (secondary N) is 1. The molecule has 9 nitrogen and oxygen atoms in total. The van der Waals surface area contributed by atoms with Gasteiger partial charge in [0.1, 0.15) is 14.7 Å². The highest BCUT2D eigenvalue weighted by Crippen LogP contribution is 2.48. The van der Waals surface area contributed by atoms with Crippen LogP contribution < -0.4 is 10.7 Å². The molecule has 2 unspecified atom stereocenters. The molecule has 0 spiro atoms. The largest absolute Gasteiger partial charge is 0.428 e. The van der Waals surface area contributed by atoms with Gasteiger partial charge in [-0.1, -0.05) is 6.92 Å². The summed E-state index contributed by atoms with van der Waals surface area (Å²) in [6.07, 6.45) is -0.0802. The third-order valence-electron chi connectivity index (χ3n) is 5.82. The molecule has 0 radical (unpaired) electrons. The second kappa shape index (κ2) is 7.87. The van der Waals surface area contributed by atoms with Crippen molar-refractivity contribution >= 4 is 34.7 Å². The van der Waals surface area contributed by atoms with Gasteiger partial charge >= 0.3 is 5.97 Å². The average molecular weight is 396 g/mol. The first-order valence-electron chi connectivity index (χ1n) is 9.16. The van der Waals surface area contributed by atoms with E-state index in [1.165, 1.54) is 4.90 Å². The maximum atomic E-state index is 12.7. The quantitative estimate of drug-likeness (QED) is 0.261. The third-order valence-corrected chi connectivity index (χ3v) is 6.31. The van der Waals surface area contributed by atoms with Crippen molar-refractivity contribution < 1.29 is 24.0 Å². The summed E-state index contributed by atoms with van der Waals surface area (Å²) in [7, 11) is 1.47. The molecule has 0 aromatic heterocycles. The third kappa shape index (κ3) is 3.51. The number of aliphatic hydroxyl groups excluding tert-OH is 1. The second-order valence-corrected chi connectivity index (χ2v) is 8.40. The molecule has 4 N–H and O–H groups in total. The van der Waals surface area contributed by atoms with E-state index < -0.39 is 18.0 Å². The van der Waals surface area contributed by atoms with Crippen LogP contribution in [0.25, 0.3) is 0 Å². The van der Waals surface area contributed by atoms with Crippen molar-refractivity contribution in [2.45, 2.75) is 32.4 Å². The molecular formula is C16H26BN4O5P. The van der Waals surface area contributed by atoms with E-state index in [4.69, 9.17) is 10.3 Å². The van der Waals surface area contributed by atoms with Crippen LogP contribution in [0.1, 0.15) is 20.3 Å². The molecule has 3 aliphatic rings. The molecule has 27 heavy (non-hydrogen) atoms. The van der Waals surface area contributed by atoms with Crippen LogP contribution in [0.15, 0.2) is 11.3 Å². The molecule has 0 saturated carbocycles. The number of nitrogens with zero attached hydrogens (tertiary/aromatic N) is 2. The molecular weight excluding hydrogens is 370 g/mol. The molecule has 3 heterocycles. The van der Waals surface area contributed by atoms with Gasteiger partial charge in [0.15, 0.2) is 7.98 Å². The summed E-state index contributed by atoms with van der Waals surface area (Å²) >= 11 is 0. The first-order valence-corrected chi connectivity index (χ1v) is 10.1. The van der Waals surface area contributed by atoms with Crippen LogP contribution in [-0.4, -0.2) is 72.5 Å². The normalized spacial score (nSPS) is 32.1. The van der Waals surface area contributed by atoms with Gasteiger partial charge in [-0.25, -0.2) is 4.79 Å². The van der Waals surface area contributed by atoms with Gasteiger partial charge in [-0.15, -0.1) is 0 Å². The first-order chi connectivity index (χ1) is 12.8.